The van der Waals surface area contributed by atoms with Crippen LogP contribution in [0.2, 0.25) is 0 Å². The number of H-pyrrole nitrogens is 1. The lowest BCUT2D eigenvalue weighted by Gasteiger charge is -2.13. The Morgan fingerprint density at radius 1 is 1.00 bits per heavy atom. The molecule has 33 heavy (non-hydrogen) atoms. The number of carbonyl (C=O) groups excluding carboxylic acids is 1. The molecule has 0 fully saturated rings. The summed E-state index contributed by atoms with van der Waals surface area (Å²) in [7, 11) is 4.63. The second-order valence-electron chi connectivity index (χ2n) is 7.00. The van der Waals surface area contributed by atoms with Gasteiger partial charge in [0.1, 0.15) is 11.4 Å². The largest absolute Gasteiger partial charge is 0.493 e. The summed E-state index contributed by atoms with van der Waals surface area (Å²) in [6.45, 7) is 0.957. The summed E-state index contributed by atoms with van der Waals surface area (Å²) in [5.74, 6) is 1.98. The maximum Gasteiger partial charge on any atom is 0.269 e. The normalized spacial score (nSPS) is 10.6. The van der Waals surface area contributed by atoms with E-state index in [1.807, 2.05) is 29.0 Å². The Morgan fingerprint density at radius 3 is 2.45 bits per heavy atom. The quantitative estimate of drug-likeness (QED) is 0.404. The maximum absolute atomic E-state index is 12.6. The fraction of sp³-hybridized carbons (Fsp3) is 0.217. The maximum atomic E-state index is 12.6. The van der Waals surface area contributed by atoms with Gasteiger partial charge in [-0.2, -0.15) is 5.10 Å². The molecule has 10 nitrogen and oxygen atoms in total. The zero-order valence-corrected chi connectivity index (χ0v) is 18.5. The van der Waals surface area contributed by atoms with E-state index in [1.165, 1.54) is 0 Å². The molecule has 10 heteroatoms. The lowest BCUT2D eigenvalue weighted by molar-refractivity contribution is 0.0947. The zero-order valence-electron chi connectivity index (χ0n) is 18.5. The van der Waals surface area contributed by atoms with Crippen molar-refractivity contribution in [3.63, 3.8) is 0 Å². The molecule has 4 aromatic rings. The first-order valence-electron chi connectivity index (χ1n) is 10.2. The summed E-state index contributed by atoms with van der Waals surface area (Å²) < 4.78 is 18.1. The van der Waals surface area contributed by atoms with Gasteiger partial charge in [0.05, 0.1) is 27.0 Å². The molecule has 0 aliphatic carbocycles. The number of aromatic amines is 1. The highest BCUT2D eigenvalue weighted by atomic mass is 16.5. The number of methoxy groups -OCH3 is 3. The standard InChI is InChI=1S/C23H24N6O4/c1-31-19-12-15(13-20(32-2)21(19)33-3)17-14-18(28-27-17)23(30)26-9-11-29-10-8-25-22(29)16-6-4-5-7-24-16/h4-8,10,12-14H,9,11H2,1-3H3,(H,26,30)(H,27,28). The minimum absolute atomic E-state index is 0.263. The molecule has 0 aliphatic heterocycles. The lowest BCUT2D eigenvalue weighted by Crippen LogP contribution is -2.27. The molecule has 0 unspecified atom stereocenters. The highest BCUT2D eigenvalue weighted by Gasteiger charge is 2.17. The third-order valence-corrected chi connectivity index (χ3v) is 5.03. The van der Waals surface area contributed by atoms with Crippen LogP contribution in [0.1, 0.15) is 10.5 Å². The van der Waals surface area contributed by atoms with E-state index >= 15 is 0 Å². The fourth-order valence-electron chi connectivity index (χ4n) is 3.42. The second-order valence-corrected chi connectivity index (χ2v) is 7.00. The predicted molar refractivity (Wildman–Crippen MR) is 121 cm³/mol. The van der Waals surface area contributed by atoms with Crippen molar-refractivity contribution in [1.82, 2.24) is 30.0 Å². The Bertz CT molecular complexity index is 1210. The van der Waals surface area contributed by atoms with E-state index in [0.717, 1.165) is 17.1 Å². The first kappa shape index (κ1) is 21.9. The van der Waals surface area contributed by atoms with Gasteiger partial charge in [-0.1, -0.05) is 6.07 Å². The third-order valence-electron chi connectivity index (χ3n) is 5.03. The zero-order chi connectivity index (χ0) is 23.2. The van der Waals surface area contributed by atoms with E-state index in [2.05, 4.69) is 25.5 Å². The van der Waals surface area contributed by atoms with E-state index in [9.17, 15) is 4.79 Å². The Labute approximate surface area is 190 Å². The number of aromatic nitrogens is 5. The lowest BCUT2D eigenvalue weighted by atomic mass is 10.1. The van der Waals surface area contributed by atoms with Crippen LogP contribution in [0, 0.1) is 0 Å². The minimum atomic E-state index is -0.263. The van der Waals surface area contributed by atoms with Crippen molar-refractivity contribution in [3.05, 3.63) is 60.7 Å². The topological polar surface area (TPSA) is 116 Å². The summed E-state index contributed by atoms with van der Waals surface area (Å²) in [6.07, 6.45) is 5.29. The summed E-state index contributed by atoms with van der Waals surface area (Å²) in [6, 6.07) is 10.9. The molecule has 0 spiro atoms. The molecule has 2 N–H and O–H groups in total. The van der Waals surface area contributed by atoms with Crippen molar-refractivity contribution in [2.45, 2.75) is 6.54 Å². The number of imidazole rings is 1. The van der Waals surface area contributed by atoms with Crippen LogP contribution in [-0.4, -0.2) is 58.5 Å². The molecule has 1 amide bonds. The number of rotatable bonds is 9. The summed E-state index contributed by atoms with van der Waals surface area (Å²) in [4.78, 5) is 21.3. The van der Waals surface area contributed by atoms with Gasteiger partial charge in [-0.3, -0.25) is 14.9 Å². The molecule has 0 radical (unpaired) electrons. The number of hydrogen-bond donors (Lipinski definition) is 2. The van der Waals surface area contributed by atoms with Gasteiger partial charge in [-0.15, -0.1) is 0 Å². The van der Waals surface area contributed by atoms with Gasteiger partial charge >= 0.3 is 0 Å². The molecule has 0 atom stereocenters. The van der Waals surface area contributed by atoms with E-state index in [1.54, 1.807) is 51.9 Å². The first-order chi connectivity index (χ1) is 16.1. The fourth-order valence-corrected chi connectivity index (χ4v) is 3.42. The van der Waals surface area contributed by atoms with Crippen LogP contribution >= 0.6 is 0 Å². The van der Waals surface area contributed by atoms with Crippen LogP contribution in [-0.2, 0) is 6.54 Å². The second kappa shape index (κ2) is 9.86. The molecule has 3 aromatic heterocycles. The number of carbonyl (C=O) groups is 1. The number of amides is 1. The van der Waals surface area contributed by atoms with Crippen molar-refractivity contribution < 1.29 is 19.0 Å². The van der Waals surface area contributed by atoms with Gasteiger partial charge in [-0.25, -0.2) is 4.98 Å². The third kappa shape index (κ3) is 4.64. The van der Waals surface area contributed by atoms with Crippen molar-refractivity contribution in [3.8, 4) is 40.0 Å². The molecule has 0 saturated carbocycles. The Balaban J connectivity index is 1.43. The average Bonchev–Trinajstić information content (AvgIpc) is 3.54. The number of pyridine rings is 1. The van der Waals surface area contributed by atoms with Gasteiger partial charge in [0.25, 0.3) is 5.91 Å². The monoisotopic (exact) mass is 448 g/mol. The van der Waals surface area contributed by atoms with Gasteiger partial charge < -0.3 is 24.1 Å². The summed E-state index contributed by atoms with van der Waals surface area (Å²) in [5.41, 5.74) is 2.41. The minimum Gasteiger partial charge on any atom is -0.493 e. The van der Waals surface area contributed by atoms with Gasteiger partial charge in [-0.05, 0) is 30.3 Å². The van der Waals surface area contributed by atoms with Crippen LogP contribution in [0.5, 0.6) is 17.2 Å². The first-order valence-corrected chi connectivity index (χ1v) is 10.2. The van der Waals surface area contributed by atoms with Gasteiger partial charge in [0.2, 0.25) is 5.75 Å². The molecular formula is C23H24N6O4. The number of benzene rings is 1. The number of ether oxygens (including phenoxy) is 3. The molecule has 3 heterocycles. The SMILES string of the molecule is COc1cc(-c2cc(C(=O)NCCn3ccnc3-c3ccccn3)[nH]n2)cc(OC)c1OC. The molecule has 0 saturated heterocycles. The van der Waals surface area contributed by atoms with Crippen LogP contribution in [0.4, 0.5) is 0 Å². The number of nitrogens with zero attached hydrogens (tertiary/aromatic N) is 4. The van der Waals surface area contributed by atoms with E-state index in [4.69, 9.17) is 14.2 Å². The number of nitrogens with one attached hydrogen (secondary N) is 2. The Kier molecular flexibility index (Phi) is 6.53. The molecule has 170 valence electrons. The molecule has 0 aliphatic rings. The molecule has 0 bridgehead atoms. The Morgan fingerprint density at radius 2 is 1.79 bits per heavy atom. The van der Waals surface area contributed by atoms with Crippen LogP contribution in [0.3, 0.4) is 0 Å². The van der Waals surface area contributed by atoms with Gasteiger partial charge in [0.15, 0.2) is 17.3 Å². The smallest absolute Gasteiger partial charge is 0.269 e. The van der Waals surface area contributed by atoms with E-state index in [-0.39, 0.29) is 5.91 Å². The molecule has 1 aromatic carbocycles. The van der Waals surface area contributed by atoms with Crippen LogP contribution < -0.4 is 19.5 Å². The van der Waals surface area contributed by atoms with Crippen molar-refractivity contribution >= 4 is 5.91 Å². The molecule has 4 rings (SSSR count). The summed E-state index contributed by atoms with van der Waals surface area (Å²) in [5, 5.41) is 9.94. The predicted octanol–water partition coefficient (Wildman–Crippen LogP) is 2.79. The highest BCUT2D eigenvalue weighted by Crippen LogP contribution is 2.40. The number of hydrogen-bond acceptors (Lipinski definition) is 7. The van der Waals surface area contributed by atoms with Crippen LogP contribution in [0.25, 0.3) is 22.8 Å². The van der Waals surface area contributed by atoms with E-state index < -0.39 is 0 Å². The average molecular weight is 448 g/mol. The Hall–Kier alpha value is -4.34. The van der Waals surface area contributed by atoms with Crippen LogP contribution in [0.15, 0.2) is 55.0 Å². The van der Waals surface area contributed by atoms with Crippen molar-refractivity contribution in [2.24, 2.45) is 0 Å². The van der Waals surface area contributed by atoms with Crippen molar-refractivity contribution in [1.29, 1.82) is 0 Å². The van der Waals surface area contributed by atoms with Gasteiger partial charge in [0, 0.05) is 37.2 Å². The molecular weight excluding hydrogens is 424 g/mol. The van der Waals surface area contributed by atoms with E-state index in [0.29, 0.717) is 41.7 Å². The summed E-state index contributed by atoms with van der Waals surface area (Å²) >= 11 is 0. The highest BCUT2D eigenvalue weighted by molar-refractivity contribution is 5.93. The van der Waals surface area contributed by atoms with Crippen molar-refractivity contribution in [2.75, 3.05) is 27.9 Å².